The average Bonchev–Trinajstić information content (AvgIpc) is 1.02. The number of hydrogen-bond donors (Lipinski definition) is 0. The summed E-state index contributed by atoms with van der Waals surface area (Å²) >= 11 is 10.4. The Balaban J connectivity index is 0.000000126. The third-order valence-electron chi connectivity index (χ3n) is 20.5. The van der Waals surface area contributed by atoms with Crippen LogP contribution in [0, 0.1) is 117 Å². The minimum Gasteiger partial charge on any atom is -0.319 e. The second-order valence-corrected chi connectivity index (χ2v) is 37.0. The third-order valence-corrected chi connectivity index (χ3v) is 26.6. The smallest absolute Gasteiger partial charge is 0.319 e. The van der Waals surface area contributed by atoms with Gasteiger partial charge in [0.1, 0.15) is 0 Å². The monoisotopic (exact) mass is 2350 g/mol. The molecule has 0 aliphatic carbocycles. The van der Waals surface area contributed by atoms with Gasteiger partial charge in [0, 0.05) is 72.9 Å². The Bertz CT molecular complexity index is 7090. The van der Waals surface area contributed by atoms with Crippen molar-refractivity contribution in [3.05, 3.63) is 450 Å². The van der Waals surface area contributed by atoms with E-state index in [-0.39, 0.29) is 60.3 Å². The number of hydrogen-bond acceptors (Lipinski definition) is 15. The molecule has 0 saturated heterocycles. The van der Waals surface area contributed by atoms with Gasteiger partial charge in [-0.1, -0.05) is 233 Å². The van der Waals surface area contributed by atoms with E-state index in [0.29, 0.717) is 0 Å². The quantitative estimate of drug-likeness (QED) is 0.119. The van der Waals surface area contributed by atoms with Gasteiger partial charge in [0.25, 0.3) is 0 Å². The Morgan fingerprint density at radius 1 is 0.220 bits per heavy atom. The van der Waals surface area contributed by atoms with Crippen molar-refractivity contribution in [2.24, 2.45) is 0 Å². The summed E-state index contributed by atoms with van der Waals surface area (Å²) in [6.07, 6.45) is 16.4. The Kier molecular flexibility index (Phi) is 35.2. The molecule has 0 spiro atoms. The van der Waals surface area contributed by atoms with Crippen LogP contribution in [0.3, 0.4) is 0 Å². The number of aryl methyl sites for hydroxylation is 9. The molecule has 24 rings (SSSR count). The summed E-state index contributed by atoms with van der Waals surface area (Å²) in [5, 5.41) is 14.1. The molecule has 15 aromatic heterocycles. The summed E-state index contributed by atoms with van der Waals surface area (Å²) < 4.78 is 3.84. The first-order chi connectivity index (χ1) is 63.1. The average molecular weight is 2350 g/mol. The van der Waals surface area contributed by atoms with Crippen molar-refractivity contribution in [3.8, 4) is 63.4 Å². The van der Waals surface area contributed by atoms with Crippen molar-refractivity contribution in [2.45, 2.75) is 62.3 Å². The molecule has 0 saturated carbocycles. The van der Waals surface area contributed by atoms with Crippen molar-refractivity contribution in [1.29, 1.82) is 0 Å². The molecule has 0 radical (unpaired) electrons. The van der Waals surface area contributed by atoms with E-state index in [4.69, 9.17) is 0 Å². The number of aromatic nitrogens is 9. The molecule has 132 heavy (non-hydrogen) atoms. The van der Waals surface area contributed by atoms with E-state index in [1.807, 2.05) is 201 Å². The summed E-state index contributed by atoms with van der Waals surface area (Å²) in [5.41, 5.74) is 16.8. The molecule has 0 aliphatic rings. The number of benzene rings is 9. The molecule has 0 aliphatic heterocycles. The minimum absolute atomic E-state index is 0. The van der Waals surface area contributed by atoms with Crippen LogP contribution in [0.2, 0.25) is 0 Å². The van der Waals surface area contributed by atoms with Gasteiger partial charge in [-0.25, -0.2) is 68.0 Å². The maximum Gasteiger partial charge on any atom is 3.00 e. The van der Waals surface area contributed by atoms with Crippen LogP contribution in [0.4, 0.5) is 0 Å². The molecule has 0 bridgehead atoms. The van der Waals surface area contributed by atoms with Crippen LogP contribution < -0.4 is 0 Å². The van der Waals surface area contributed by atoms with Gasteiger partial charge in [-0.3, -0.25) is 0 Å². The summed E-state index contributed by atoms with van der Waals surface area (Å²) in [6.45, 7) is 18.9. The van der Waals surface area contributed by atoms with E-state index in [0.717, 1.165) is 96.1 Å². The van der Waals surface area contributed by atoms with Crippen LogP contribution in [0.1, 0.15) is 48.0 Å². The standard InChI is InChI=1S/3C14H10NS.3C14H10N.3C10H8NS.3Ir/c3*1-10-5-6-11-9-14(16-13(11)8-10)12-4-2-3-7-15-12;3*1-10-4-2-6-13-12(10)8-7-11-5-3-9-15-14(11)13;3*1-8-5-6-10(12-8)9-4-2-3-7-11-9;;;/h3*2-8H,1H3;3*2-5,7-9H,1H3;3*2-5,7H,1H3;;;/q9*-1;3*+3. The van der Waals surface area contributed by atoms with Gasteiger partial charge in [-0.05, 0) is 154 Å². The Hall–Kier alpha value is -12.2. The van der Waals surface area contributed by atoms with Crippen LogP contribution in [0.15, 0.2) is 347 Å². The zero-order valence-electron chi connectivity index (χ0n) is 73.4. The second-order valence-electron chi connectivity index (χ2n) is 30.1. The zero-order valence-corrected chi connectivity index (χ0v) is 85.5. The van der Waals surface area contributed by atoms with Gasteiger partial charge in [-0.2, -0.15) is 36.4 Å². The van der Waals surface area contributed by atoms with Crippen LogP contribution >= 0.6 is 68.0 Å². The molecule has 0 atom stereocenters. The molecule has 0 N–H and O–H groups in total. The minimum atomic E-state index is 0. The van der Waals surface area contributed by atoms with E-state index in [1.165, 1.54) is 111 Å². The largest absolute Gasteiger partial charge is 3.00 e. The maximum atomic E-state index is 4.42. The molecular formula is C114H84Ir3N9S6. The topological polar surface area (TPSA) is 116 Å². The Morgan fingerprint density at radius 3 is 0.705 bits per heavy atom. The van der Waals surface area contributed by atoms with E-state index in [9.17, 15) is 0 Å². The van der Waals surface area contributed by atoms with Gasteiger partial charge < -0.3 is 44.9 Å². The Morgan fingerprint density at radius 2 is 0.470 bits per heavy atom. The number of nitrogens with zero attached hydrogens (tertiary/aromatic N) is 9. The fourth-order valence-corrected chi connectivity index (χ4v) is 19.6. The number of rotatable bonds is 6. The first-order valence-electron chi connectivity index (χ1n) is 41.8. The maximum absolute atomic E-state index is 4.42. The van der Waals surface area contributed by atoms with Crippen molar-refractivity contribution in [3.63, 3.8) is 0 Å². The Labute approximate surface area is 835 Å². The molecule has 0 fully saturated rings. The summed E-state index contributed by atoms with van der Waals surface area (Å²) in [7, 11) is 0. The van der Waals surface area contributed by atoms with Gasteiger partial charge in [0.2, 0.25) is 0 Å². The van der Waals surface area contributed by atoms with Crippen molar-refractivity contribution < 1.29 is 60.3 Å². The molecule has 24 aromatic rings. The number of thiophene rings is 6. The van der Waals surface area contributed by atoms with Gasteiger partial charge >= 0.3 is 60.3 Å². The fourth-order valence-electron chi connectivity index (χ4n) is 14.0. The molecular weight excluding hydrogens is 2260 g/mol. The van der Waals surface area contributed by atoms with Gasteiger partial charge in [-0.15, -0.1) is 174 Å². The van der Waals surface area contributed by atoms with E-state index in [1.54, 1.807) is 86.6 Å². The number of fused-ring (bicyclic) bond motifs is 12. The van der Waals surface area contributed by atoms with E-state index in [2.05, 4.69) is 289 Å². The predicted octanol–water partition coefficient (Wildman–Crippen LogP) is 31.5. The van der Waals surface area contributed by atoms with E-state index < -0.39 is 0 Å². The van der Waals surface area contributed by atoms with Crippen LogP contribution in [-0.4, -0.2) is 44.9 Å². The summed E-state index contributed by atoms with van der Waals surface area (Å²) in [5.74, 6) is 0. The van der Waals surface area contributed by atoms with Crippen molar-refractivity contribution >= 4 is 163 Å². The molecule has 15 heterocycles. The van der Waals surface area contributed by atoms with Crippen LogP contribution in [-0.2, 0) is 60.3 Å². The predicted molar refractivity (Wildman–Crippen MR) is 548 cm³/mol. The summed E-state index contributed by atoms with van der Waals surface area (Å²) in [4.78, 5) is 49.5. The van der Waals surface area contributed by atoms with Crippen LogP contribution in [0.5, 0.6) is 0 Å². The van der Waals surface area contributed by atoms with Crippen LogP contribution in [0.25, 0.3) is 159 Å². The normalized spacial score (nSPS) is 10.4. The second kappa shape index (κ2) is 47.8. The van der Waals surface area contributed by atoms with Gasteiger partial charge in [0.05, 0.1) is 0 Å². The first-order valence-corrected chi connectivity index (χ1v) is 46.7. The molecule has 648 valence electrons. The molecule has 0 amide bonds. The molecule has 9 aromatic carbocycles. The third kappa shape index (κ3) is 25.4. The van der Waals surface area contributed by atoms with Gasteiger partial charge in [0.15, 0.2) is 0 Å². The zero-order chi connectivity index (χ0) is 88.8. The number of pyridine rings is 9. The molecule has 0 unspecified atom stereocenters. The van der Waals surface area contributed by atoms with E-state index >= 15 is 0 Å². The molecule has 9 nitrogen and oxygen atoms in total. The first kappa shape index (κ1) is 97.4. The SMILES string of the molecule is Cc1c[c-]c(-c2ccccn2)s1.Cc1c[c-]c(-c2ccccn2)s1.Cc1c[c-]c(-c2ccccn2)s1.Cc1cc[c-]c2c1ccc1cccnc12.Cc1cc[c-]c2c1ccc1cccnc12.Cc1cc[c-]c2c1ccc1cccnc12.Cc1ccc2[c-]c(-c3ccccn3)sc2c1.Cc1ccc2[c-]c(-c3ccccn3)sc2c1.Cc1ccc2[c-]c(-c3ccccn3)sc2c1.[Ir+3].[Ir+3].[Ir+3]. The van der Waals surface area contributed by atoms with Crippen molar-refractivity contribution in [2.75, 3.05) is 0 Å². The summed E-state index contributed by atoms with van der Waals surface area (Å²) in [6, 6.07) is 127. The van der Waals surface area contributed by atoms with Crippen molar-refractivity contribution in [1.82, 2.24) is 44.9 Å². The fraction of sp³-hybridized carbons (Fsp3) is 0.0789. The molecule has 18 heteroatoms.